The van der Waals surface area contributed by atoms with E-state index in [9.17, 15) is 38.7 Å². The third-order valence-electron chi connectivity index (χ3n) is 9.06. The van der Waals surface area contributed by atoms with Crippen LogP contribution < -0.4 is 10.6 Å². The average Bonchev–Trinajstić information content (AvgIpc) is 3.14. The Morgan fingerprint density at radius 2 is 1.05 bits per heavy atom. The number of hydrogen-bond acceptors (Lipinski definition) is 10. The second-order valence-electron chi connectivity index (χ2n) is 14.9. The Bertz CT molecular complexity index is 1630. The largest absolute Gasteiger partial charge is 0.478 e. The molecule has 0 radical (unpaired) electrons. The second-order valence-corrected chi connectivity index (χ2v) is 14.9. The first-order valence-electron chi connectivity index (χ1n) is 18.8. The van der Waals surface area contributed by atoms with Gasteiger partial charge in [0.05, 0.1) is 0 Å². The zero-order valence-electron chi connectivity index (χ0n) is 33.9. The molecule has 2 aromatic rings. The topological polar surface area (TPSA) is 198 Å². The number of nitrogens with zero attached hydrogens (tertiary/aromatic N) is 2. The number of carbonyl (C=O) groups is 7. The highest BCUT2D eigenvalue weighted by Crippen LogP contribution is 2.16. The van der Waals surface area contributed by atoms with Gasteiger partial charge in [-0.15, -0.1) is 0 Å². The van der Waals surface area contributed by atoms with Crippen LogP contribution in [-0.4, -0.2) is 114 Å². The smallest absolute Gasteiger partial charge is 0.408 e. The fourth-order valence-corrected chi connectivity index (χ4v) is 5.48. The molecule has 0 bridgehead atoms. The van der Waals surface area contributed by atoms with Crippen molar-refractivity contribution in [2.45, 2.75) is 104 Å². The monoisotopic (exact) mass is 782 g/mol. The van der Waals surface area contributed by atoms with E-state index in [1.54, 1.807) is 95.3 Å². The van der Waals surface area contributed by atoms with E-state index in [1.165, 1.54) is 14.1 Å². The van der Waals surface area contributed by atoms with E-state index in [1.807, 2.05) is 13.8 Å². The van der Waals surface area contributed by atoms with Gasteiger partial charge in [0, 0.05) is 26.9 Å². The summed E-state index contributed by atoms with van der Waals surface area (Å²) in [7, 11) is 2.71. The molecule has 308 valence electrons. The Kier molecular flexibility index (Phi) is 18.5. The number of amides is 4. The molecule has 0 aromatic heterocycles. The van der Waals surface area contributed by atoms with Crippen molar-refractivity contribution in [3.63, 3.8) is 0 Å². The molecule has 15 heteroatoms. The quantitative estimate of drug-likeness (QED) is 0.131. The number of likely N-dealkylation sites (N-methyl/N-ethyl adjacent to an activating group) is 2. The minimum absolute atomic E-state index is 0.0622. The van der Waals surface area contributed by atoms with Crippen molar-refractivity contribution in [3.05, 3.63) is 71.8 Å². The molecule has 0 unspecified atom stereocenters. The summed E-state index contributed by atoms with van der Waals surface area (Å²) in [6.45, 7) is 11.1. The molecule has 0 saturated heterocycles. The summed E-state index contributed by atoms with van der Waals surface area (Å²) in [6.07, 6.45) is -2.85. The van der Waals surface area contributed by atoms with Gasteiger partial charge >= 0.3 is 24.0 Å². The van der Waals surface area contributed by atoms with Crippen molar-refractivity contribution >= 4 is 41.7 Å². The lowest BCUT2D eigenvalue weighted by Crippen LogP contribution is -2.55. The number of benzene rings is 2. The van der Waals surface area contributed by atoms with Crippen LogP contribution in [0, 0.1) is 11.8 Å². The van der Waals surface area contributed by atoms with E-state index >= 15 is 0 Å². The van der Waals surface area contributed by atoms with Gasteiger partial charge in [-0.25, -0.2) is 9.59 Å². The van der Waals surface area contributed by atoms with Crippen LogP contribution in [0.3, 0.4) is 0 Å². The molecule has 0 heterocycles. The number of carbonyl (C=O) groups excluding carboxylic acids is 6. The minimum atomic E-state index is -1.48. The Morgan fingerprint density at radius 1 is 0.661 bits per heavy atom. The number of nitrogens with one attached hydrogen (secondary N) is 2. The molecule has 0 aliphatic rings. The molecule has 0 spiro atoms. The normalized spacial score (nSPS) is 14.4. The van der Waals surface area contributed by atoms with E-state index < -0.39 is 90.6 Å². The lowest BCUT2D eigenvalue weighted by molar-refractivity contribution is -0.165. The molecule has 0 saturated carbocycles. The summed E-state index contributed by atoms with van der Waals surface area (Å²) in [5.74, 6) is -5.97. The highest BCUT2D eigenvalue weighted by Gasteiger charge is 2.35. The number of hydrogen-bond donors (Lipinski definition) is 3. The molecule has 0 fully saturated rings. The first-order chi connectivity index (χ1) is 26.3. The van der Waals surface area contributed by atoms with Gasteiger partial charge in [0.1, 0.15) is 30.8 Å². The van der Waals surface area contributed by atoms with Crippen molar-refractivity contribution in [3.8, 4) is 0 Å². The van der Waals surface area contributed by atoms with Crippen molar-refractivity contribution in [2.24, 2.45) is 11.8 Å². The lowest BCUT2D eigenvalue weighted by atomic mass is 9.97. The Labute approximate surface area is 329 Å². The van der Waals surface area contributed by atoms with Crippen molar-refractivity contribution in [1.29, 1.82) is 0 Å². The molecule has 56 heavy (non-hydrogen) atoms. The molecular formula is C41H58N4O11. The SMILES string of the molecule is CC[C@@H](C)[C@H](NC(=O)OC(C)(C)C)C(=O)N(C)CC(=O)O[C@H](Cc1ccccc1)C(=O)N[C@H](C(=O)N(C)CC(=O)O[C@H](Cc1ccccc1)C(=O)O)[C@H](C)CC. The van der Waals surface area contributed by atoms with E-state index in [-0.39, 0.29) is 18.8 Å². The minimum Gasteiger partial charge on any atom is -0.478 e. The molecule has 2 aromatic carbocycles. The lowest BCUT2D eigenvalue weighted by Gasteiger charge is -2.30. The van der Waals surface area contributed by atoms with Crippen LogP contribution >= 0.6 is 0 Å². The predicted molar refractivity (Wildman–Crippen MR) is 207 cm³/mol. The molecular weight excluding hydrogens is 724 g/mol. The fraction of sp³-hybridized carbons (Fsp3) is 0.537. The third kappa shape index (κ3) is 15.7. The van der Waals surface area contributed by atoms with Crippen LogP contribution in [0.4, 0.5) is 4.79 Å². The summed E-state index contributed by atoms with van der Waals surface area (Å²) in [4.78, 5) is 93.9. The van der Waals surface area contributed by atoms with Crippen molar-refractivity contribution < 1.29 is 52.9 Å². The summed E-state index contributed by atoms with van der Waals surface area (Å²) < 4.78 is 16.2. The summed E-state index contributed by atoms with van der Waals surface area (Å²) in [5.41, 5.74) is 0.495. The molecule has 0 aliphatic heterocycles. The molecule has 15 nitrogen and oxygen atoms in total. The first-order valence-corrected chi connectivity index (χ1v) is 18.8. The number of carboxylic acids is 1. The first kappa shape index (κ1) is 46.7. The molecule has 4 amide bonds. The Balaban J connectivity index is 2.22. The van der Waals surface area contributed by atoms with Crippen molar-refractivity contribution in [1.82, 2.24) is 20.4 Å². The summed E-state index contributed by atoms with van der Waals surface area (Å²) >= 11 is 0. The van der Waals surface area contributed by atoms with Crippen LogP contribution in [0.25, 0.3) is 0 Å². The van der Waals surface area contributed by atoms with Gasteiger partial charge in [0.2, 0.25) is 17.9 Å². The number of alkyl carbamates (subject to hydrolysis) is 1. The molecule has 3 N–H and O–H groups in total. The Morgan fingerprint density at radius 3 is 1.45 bits per heavy atom. The summed E-state index contributed by atoms with van der Waals surface area (Å²) in [5, 5.41) is 15.0. The predicted octanol–water partition coefficient (Wildman–Crippen LogP) is 3.77. The molecule has 0 aliphatic carbocycles. The van der Waals surface area contributed by atoms with Gasteiger partial charge in [0.25, 0.3) is 5.91 Å². The van der Waals surface area contributed by atoms with Gasteiger partial charge in [-0.1, -0.05) is 101 Å². The number of ether oxygens (including phenoxy) is 3. The highest BCUT2D eigenvalue weighted by atomic mass is 16.6. The zero-order chi connectivity index (χ0) is 42.2. The van der Waals surface area contributed by atoms with E-state index in [2.05, 4.69) is 10.6 Å². The Hall–Kier alpha value is -5.47. The number of rotatable bonds is 20. The van der Waals surface area contributed by atoms with Gasteiger partial charge in [0.15, 0.2) is 6.10 Å². The zero-order valence-corrected chi connectivity index (χ0v) is 33.9. The van der Waals surface area contributed by atoms with Crippen LogP contribution in [0.15, 0.2) is 60.7 Å². The van der Waals surface area contributed by atoms with Crippen LogP contribution in [-0.2, 0) is 55.8 Å². The summed E-state index contributed by atoms with van der Waals surface area (Å²) in [6, 6.07) is 15.2. The average molecular weight is 783 g/mol. The molecule has 6 atom stereocenters. The maximum Gasteiger partial charge on any atom is 0.408 e. The van der Waals surface area contributed by atoms with Gasteiger partial charge < -0.3 is 39.8 Å². The van der Waals surface area contributed by atoms with Gasteiger partial charge in [-0.3, -0.25) is 24.0 Å². The number of esters is 2. The van der Waals surface area contributed by atoms with Gasteiger partial charge in [-0.05, 0) is 43.7 Å². The second kappa shape index (κ2) is 22.2. The van der Waals surface area contributed by atoms with Crippen molar-refractivity contribution in [2.75, 3.05) is 27.2 Å². The molecule has 2 rings (SSSR count). The van der Waals surface area contributed by atoms with E-state index in [0.29, 0.717) is 24.0 Å². The van der Waals surface area contributed by atoms with Gasteiger partial charge in [-0.2, -0.15) is 0 Å². The maximum atomic E-state index is 13.9. The fourth-order valence-electron chi connectivity index (χ4n) is 5.48. The maximum absolute atomic E-state index is 13.9. The third-order valence-corrected chi connectivity index (χ3v) is 9.06. The van der Waals surface area contributed by atoms with E-state index in [0.717, 1.165) is 9.80 Å². The highest BCUT2D eigenvalue weighted by molar-refractivity contribution is 5.93. The van der Waals surface area contributed by atoms with E-state index in [4.69, 9.17) is 14.2 Å². The van der Waals surface area contributed by atoms with Crippen LogP contribution in [0.1, 0.15) is 72.4 Å². The van der Waals surface area contributed by atoms with Crippen LogP contribution in [0.5, 0.6) is 0 Å². The number of aliphatic carboxylic acids is 1. The van der Waals surface area contributed by atoms with Crippen LogP contribution in [0.2, 0.25) is 0 Å². The standard InChI is InChI=1S/C41H58N4O11/c1-10-26(3)34(37(49)44(8)25-33(47)55-31(39(51)52)23-29-20-16-13-17-21-29)42-36(48)30(22-28-18-14-12-15-19-28)54-32(46)24-45(9)38(50)35(27(4)11-2)43-40(53)56-41(5,6)7/h12-21,26-27,30-31,34-35H,10-11,22-25H2,1-9H3,(H,42,48)(H,43,53)(H,51,52)/t26-,27-,30-,31-,34+,35+/m1/s1. The number of carboxylic acid groups (broad SMARTS) is 1.